The SMILES string of the molecule is O=C(NCC(=O)N1CC[C@H]2CCCC[C@@H]2C1)c1ccccc1Br. The van der Waals surface area contributed by atoms with Crippen molar-refractivity contribution >= 4 is 27.7 Å². The lowest BCUT2D eigenvalue weighted by Gasteiger charge is -2.41. The molecule has 3 rings (SSSR count). The highest BCUT2D eigenvalue weighted by molar-refractivity contribution is 9.10. The van der Waals surface area contributed by atoms with Crippen LogP contribution in [0.5, 0.6) is 0 Å². The molecule has 0 aromatic heterocycles. The first-order chi connectivity index (χ1) is 11.1. The molecule has 1 aromatic rings. The van der Waals surface area contributed by atoms with Crippen molar-refractivity contribution in [3.8, 4) is 0 Å². The van der Waals surface area contributed by atoms with E-state index in [4.69, 9.17) is 0 Å². The van der Waals surface area contributed by atoms with Gasteiger partial charge in [-0.2, -0.15) is 0 Å². The second-order valence-corrected chi connectivity index (χ2v) is 7.45. The zero-order valence-electron chi connectivity index (χ0n) is 13.3. The van der Waals surface area contributed by atoms with Gasteiger partial charge in [0.05, 0.1) is 12.1 Å². The van der Waals surface area contributed by atoms with Crippen LogP contribution in [-0.4, -0.2) is 36.3 Å². The summed E-state index contributed by atoms with van der Waals surface area (Å²) in [4.78, 5) is 26.5. The third-order valence-electron chi connectivity index (χ3n) is 5.16. The number of benzene rings is 1. The van der Waals surface area contributed by atoms with Gasteiger partial charge in [-0.3, -0.25) is 9.59 Å². The Morgan fingerprint density at radius 1 is 1.13 bits per heavy atom. The average molecular weight is 379 g/mol. The van der Waals surface area contributed by atoms with Gasteiger partial charge in [0, 0.05) is 17.6 Å². The molecule has 1 aliphatic carbocycles. The highest BCUT2D eigenvalue weighted by Crippen LogP contribution is 2.35. The van der Waals surface area contributed by atoms with Crippen molar-refractivity contribution in [3.63, 3.8) is 0 Å². The maximum atomic E-state index is 12.4. The molecule has 0 unspecified atom stereocenters. The Bertz CT molecular complexity index is 590. The molecule has 2 aliphatic rings. The fourth-order valence-electron chi connectivity index (χ4n) is 3.84. The fourth-order valence-corrected chi connectivity index (χ4v) is 4.30. The van der Waals surface area contributed by atoms with E-state index in [0.29, 0.717) is 11.5 Å². The van der Waals surface area contributed by atoms with Gasteiger partial charge >= 0.3 is 0 Å². The summed E-state index contributed by atoms with van der Waals surface area (Å²) in [7, 11) is 0. The third kappa shape index (κ3) is 3.94. The Balaban J connectivity index is 1.51. The van der Waals surface area contributed by atoms with Gasteiger partial charge in [0.1, 0.15) is 0 Å². The molecule has 124 valence electrons. The van der Waals surface area contributed by atoms with Crippen molar-refractivity contribution in [2.24, 2.45) is 11.8 Å². The van der Waals surface area contributed by atoms with E-state index in [0.717, 1.165) is 29.9 Å². The summed E-state index contributed by atoms with van der Waals surface area (Å²) in [5.41, 5.74) is 0.561. The number of nitrogens with one attached hydrogen (secondary N) is 1. The molecular weight excluding hydrogens is 356 g/mol. The van der Waals surface area contributed by atoms with Crippen molar-refractivity contribution < 1.29 is 9.59 Å². The van der Waals surface area contributed by atoms with Gasteiger partial charge in [-0.1, -0.05) is 31.4 Å². The second kappa shape index (κ2) is 7.47. The van der Waals surface area contributed by atoms with E-state index >= 15 is 0 Å². The van der Waals surface area contributed by atoms with Gasteiger partial charge < -0.3 is 10.2 Å². The van der Waals surface area contributed by atoms with Crippen LogP contribution in [0.4, 0.5) is 0 Å². The Hall–Kier alpha value is -1.36. The number of hydrogen-bond donors (Lipinski definition) is 1. The first-order valence-electron chi connectivity index (χ1n) is 8.45. The zero-order valence-corrected chi connectivity index (χ0v) is 14.8. The quantitative estimate of drug-likeness (QED) is 0.877. The highest BCUT2D eigenvalue weighted by atomic mass is 79.9. The first kappa shape index (κ1) is 16.5. The lowest BCUT2D eigenvalue weighted by molar-refractivity contribution is -0.133. The molecule has 4 nitrogen and oxygen atoms in total. The summed E-state index contributed by atoms with van der Waals surface area (Å²) in [6.07, 6.45) is 6.33. The maximum absolute atomic E-state index is 12.4. The van der Waals surface area contributed by atoms with Crippen molar-refractivity contribution in [1.29, 1.82) is 0 Å². The predicted octanol–water partition coefficient (Wildman–Crippen LogP) is 3.22. The molecule has 2 amide bonds. The molecule has 0 spiro atoms. The summed E-state index contributed by atoms with van der Waals surface area (Å²) in [5.74, 6) is 1.30. The number of nitrogens with zero attached hydrogens (tertiary/aromatic N) is 1. The van der Waals surface area contributed by atoms with Crippen LogP contribution < -0.4 is 5.32 Å². The summed E-state index contributed by atoms with van der Waals surface area (Å²) >= 11 is 3.36. The molecule has 23 heavy (non-hydrogen) atoms. The molecule has 1 saturated carbocycles. The lowest BCUT2D eigenvalue weighted by Crippen LogP contribution is -2.48. The molecule has 1 saturated heterocycles. The highest BCUT2D eigenvalue weighted by Gasteiger charge is 2.32. The molecular formula is C18H23BrN2O2. The van der Waals surface area contributed by atoms with E-state index in [1.54, 1.807) is 6.07 Å². The monoisotopic (exact) mass is 378 g/mol. The van der Waals surface area contributed by atoms with Crippen LogP contribution in [0.3, 0.4) is 0 Å². The van der Waals surface area contributed by atoms with Crippen molar-refractivity contribution in [3.05, 3.63) is 34.3 Å². The lowest BCUT2D eigenvalue weighted by atomic mass is 9.75. The number of carbonyl (C=O) groups is 2. The van der Waals surface area contributed by atoms with Crippen LogP contribution in [0.2, 0.25) is 0 Å². The molecule has 1 aliphatic heterocycles. The molecule has 0 bridgehead atoms. The molecule has 0 radical (unpaired) electrons. The van der Waals surface area contributed by atoms with Gasteiger partial charge in [-0.05, 0) is 52.7 Å². The molecule has 2 fully saturated rings. The summed E-state index contributed by atoms with van der Waals surface area (Å²) < 4.78 is 0.743. The predicted molar refractivity (Wildman–Crippen MR) is 93.1 cm³/mol. The second-order valence-electron chi connectivity index (χ2n) is 6.60. The van der Waals surface area contributed by atoms with E-state index in [9.17, 15) is 9.59 Å². The Labute approximate surface area is 145 Å². The minimum absolute atomic E-state index is 0.0365. The summed E-state index contributed by atoms with van der Waals surface area (Å²) in [6.45, 7) is 1.79. The number of fused-ring (bicyclic) bond motifs is 1. The standard InChI is InChI=1S/C18H23BrN2O2/c19-16-8-4-3-7-15(16)18(23)20-11-17(22)21-10-9-13-5-1-2-6-14(13)12-21/h3-4,7-8,13-14H,1-2,5-6,9-12H2,(H,20,23)/t13-,14-/m1/s1. The van der Waals surface area contributed by atoms with Gasteiger partial charge in [0.25, 0.3) is 5.91 Å². The van der Waals surface area contributed by atoms with E-state index in [1.807, 2.05) is 23.1 Å². The number of hydrogen-bond acceptors (Lipinski definition) is 2. The third-order valence-corrected chi connectivity index (χ3v) is 5.85. The number of piperidine rings is 1. The summed E-state index contributed by atoms with van der Waals surface area (Å²) in [5, 5.41) is 2.75. The van der Waals surface area contributed by atoms with Gasteiger partial charge in [0.15, 0.2) is 0 Å². The van der Waals surface area contributed by atoms with Crippen LogP contribution in [0.25, 0.3) is 0 Å². The molecule has 1 aromatic carbocycles. The van der Waals surface area contributed by atoms with Crippen LogP contribution >= 0.6 is 15.9 Å². The van der Waals surface area contributed by atoms with Gasteiger partial charge in [0.2, 0.25) is 5.91 Å². The molecule has 1 heterocycles. The van der Waals surface area contributed by atoms with Gasteiger partial charge in [-0.15, -0.1) is 0 Å². The number of rotatable bonds is 3. The van der Waals surface area contributed by atoms with Crippen LogP contribution in [0.1, 0.15) is 42.5 Å². The molecule has 5 heteroatoms. The largest absolute Gasteiger partial charge is 0.343 e. The van der Waals surface area contributed by atoms with Crippen LogP contribution in [0, 0.1) is 11.8 Å². The van der Waals surface area contributed by atoms with Crippen LogP contribution in [0.15, 0.2) is 28.7 Å². The number of amides is 2. The molecule has 1 N–H and O–H groups in total. The Morgan fingerprint density at radius 3 is 2.65 bits per heavy atom. The van der Waals surface area contributed by atoms with Crippen molar-refractivity contribution in [2.75, 3.05) is 19.6 Å². The average Bonchev–Trinajstić information content (AvgIpc) is 2.59. The van der Waals surface area contributed by atoms with E-state index < -0.39 is 0 Å². The van der Waals surface area contributed by atoms with Crippen molar-refractivity contribution in [2.45, 2.75) is 32.1 Å². The zero-order chi connectivity index (χ0) is 16.2. The van der Waals surface area contributed by atoms with Crippen molar-refractivity contribution in [1.82, 2.24) is 10.2 Å². The minimum atomic E-state index is -0.210. The Kier molecular flexibility index (Phi) is 5.36. The minimum Gasteiger partial charge on any atom is -0.343 e. The number of likely N-dealkylation sites (tertiary alicyclic amines) is 1. The first-order valence-corrected chi connectivity index (χ1v) is 9.25. The topological polar surface area (TPSA) is 49.4 Å². The number of carbonyl (C=O) groups excluding carboxylic acids is 2. The van der Waals surface area contributed by atoms with E-state index in [1.165, 1.54) is 25.7 Å². The Morgan fingerprint density at radius 2 is 1.87 bits per heavy atom. The van der Waals surface area contributed by atoms with E-state index in [2.05, 4.69) is 21.2 Å². The normalized spacial score (nSPS) is 24.0. The fraction of sp³-hybridized carbons (Fsp3) is 0.556. The van der Waals surface area contributed by atoms with Gasteiger partial charge in [-0.25, -0.2) is 0 Å². The van der Waals surface area contributed by atoms with E-state index in [-0.39, 0.29) is 18.4 Å². The maximum Gasteiger partial charge on any atom is 0.252 e. The molecule has 2 atom stereocenters. The summed E-state index contributed by atoms with van der Waals surface area (Å²) in [6, 6.07) is 7.25. The van der Waals surface area contributed by atoms with Crippen LogP contribution in [-0.2, 0) is 4.79 Å². The number of halogens is 1. The smallest absolute Gasteiger partial charge is 0.252 e.